The van der Waals surface area contributed by atoms with Crippen LogP contribution in [0, 0.1) is 5.82 Å². The van der Waals surface area contributed by atoms with Crippen LogP contribution in [0.4, 0.5) is 4.39 Å². The van der Waals surface area contributed by atoms with E-state index in [9.17, 15) is 9.18 Å². The normalized spacial score (nSPS) is 17.6. The van der Waals surface area contributed by atoms with Gasteiger partial charge in [-0.1, -0.05) is 12.1 Å². The predicted octanol–water partition coefficient (Wildman–Crippen LogP) is 3.94. The molecular formula is C20H25FN2O2S. The number of likely N-dealkylation sites (tertiary alicyclic amines) is 1. The summed E-state index contributed by atoms with van der Waals surface area (Å²) in [4.78, 5) is 18.6. The summed E-state index contributed by atoms with van der Waals surface area (Å²) in [6, 6.07) is 11.1. The Labute approximate surface area is 158 Å². The van der Waals surface area contributed by atoms with Gasteiger partial charge in [-0.15, -0.1) is 11.3 Å². The van der Waals surface area contributed by atoms with Gasteiger partial charge in [-0.25, -0.2) is 4.39 Å². The van der Waals surface area contributed by atoms with E-state index in [-0.39, 0.29) is 11.7 Å². The number of halogens is 1. The van der Waals surface area contributed by atoms with Gasteiger partial charge in [-0.3, -0.25) is 9.69 Å². The van der Waals surface area contributed by atoms with Crippen molar-refractivity contribution < 1.29 is 13.9 Å². The van der Waals surface area contributed by atoms with Gasteiger partial charge in [0, 0.05) is 38.2 Å². The maximum absolute atomic E-state index is 13.5. The highest BCUT2D eigenvalue weighted by atomic mass is 32.1. The van der Waals surface area contributed by atoms with E-state index in [1.807, 2.05) is 12.1 Å². The molecule has 1 aromatic heterocycles. The Hall–Kier alpha value is -1.76. The number of hydrogen-bond acceptors (Lipinski definition) is 4. The van der Waals surface area contributed by atoms with Crippen LogP contribution in [0.1, 0.15) is 39.0 Å². The molecule has 1 aliphatic heterocycles. The molecule has 2 heterocycles. The zero-order valence-electron chi connectivity index (χ0n) is 15.3. The lowest BCUT2D eigenvalue weighted by molar-refractivity contribution is 0.0749. The van der Waals surface area contributed by atoms with Gasteiger partial charge >= 0.3 is 0 Å². The van der Waals surface area contributed by atoms with Crippen molar-refractivity contribution in [2.75, 3.05) is 33.9 Å². The minimum absolute atomic E-state index is 0.0352. The van der Waals surface area contributed by atoms with Crippen molar-refractivity contribution in [3.63, 3.8) is 0 Å². The van der Waals surface area contributed by atoms with Crippen LogP contribution in [0.2, 0.25) is 0 Å². The number of amides is 1. The van der Waals surface area contributed by atoms with E-state index in [1.54, 1.807) is 42.5 Å². The lowest BCUT2D eigenvalue weighted by Gasteiger charge is -2.23. The third-order valence-electron chi connectivity index (χ3n) is 4.78. The summed E-state index contributed by atoms with van der Waals surface area (Å²) in [7, 11) is 3.43. The molecule has 26 heavy (non-hydrogen) atoms. The first-order chi connectivity index (χ1) is 12.6. The number of likely N-dealkylation sites (N-methyl/N-ethyl adjacent to an activating group) is 1. The Bertz CT molecular complexity index is 749. The van der Waals surface area contributed by atoms with Crippen molar-refractivity contribution >= 4 is 17.2 Å². The number of methoxy groups -OCH3 is 1. The Morgan fingerprint density at radius 1 is 1.38 bits per heavy atom. The summed E-state index contributed by atoms with van der Waals surface area (Å²) in [5, 5.41) is 0. The molecule has 1 saturated heterocycles. The van der Waals surface area contributed by atoms with Crippen LogP contribution in [0.25, 0.3) is 0 Å². The Kier molecular flexibility index (Phi) is 6.40. The Morgan fingerprint density at radius 2 is 2.23 bits per heavy atom. The third kappa shape index (κ3) is 4.50. The Morgan fingerprint density at radius 3 is 3.00 bits per heavy atom. The second-order valence-corrected chi connectivity index (χ2v) is 7.80. The minimum atomic E-state index is -0.193. The van der Waals surface area contributed by atoms with E-state index >= 15 is 0 Å². The number of benzene rings is 1. The third-order valence-corrected chi connectivity index (χ3v) is 5.96. The van der Waals surface area contributed by atoms with Crippen molar-refractivity contribution in [2.45, 2.75) is 25.4 Å². The largest absolute Gasteiger partial charge is 0.383 e. The van der Waals surface area contributed by atoms with Crippen LogP contribution in [0.5, 0.6) is 0 Å². The molecule has 4 nitrogen and oxygen atoms in total. The van der Waals surface area contributed by atoms with E-state index in [0.717, 1.165) is 36.4 Å². The summed E-state index contributed by atoms with van der Waals surface area (Å²) >= 11 is 1.57. The molecule has 1 unspecified atom stereocenters. The fourth-order valence-electron chi connectivity index (χ4n) is 3.37. The van der Waals surface area contributed by atoms with Gasteiger partial charge in [0.1, 0.15) is 5.82 Å². The molecule has 0 bridgehead atoms. The molecule has 1 atom stereocenters. The van der Waals surface area contributed by atoms with Gasteiger partial charge in [0.15, 0.2) is 0 Å². The fourth-order valence-corrected chi connectivity index (χ4v) is 4.54. The molecule has 1 amide bonds. The zero-order chi connectivity index (χ0) is 18.5. The topological polar surface area (TPSA) is 32.8 Å². The van der Waals surface area contributed by atoms with Gasteiger partial charge in [0.05, 0.1) is 11.5 Å². The van der Waals surface area contributed by atoms with Gasteiger partial charge in [-0.2, -0.15) is 0 Å². The molecule has 1 aromatic carbocycles. The van der Waals surface area contributed by atoms with E-state index in [4.69, 9.17) is 4.74 Å². The number of thiophene rings is 1. The van der Waals surface area contributed by atoms with Crippen molar-refractivity contribution in [1.82, 2.24) is 9.80 Å². The second kappa shape index (κ2) is 8.75. The fraction of sp³-hybridized carbons (Fsp3) is 0.450. The highest BCUT2D eigenvalue weighted by Gasteiger charge is 2.28. The molecule has 3 rings (SSSR count). The minimum Gasteiger partial charge on any atom is -0.383 e. The molecule has 6 heteroatoms. The molecule has 1 aliphatic rings. The molecule has 0 N–H and O–H groups in total. The molecule has 140 valence electrons. The van der Waals surface area contributed by atoms with Gasteiger partial charge < -0.3 is 9.64 Å². The first kappa shape index (κ1) is 19.0. The lowest BCUT2D eigenvalue weighted by atomic mass is 10.1. The van der Waals surface area contributed by atoms with Crippen LogP contribution in [-0.2, 0) is 11.3 Å². The van der Waals surface area contributed by atoms with Crippen molar-refractivity contribution in [3.05, 3.63) is 57.5 Å². The van der Waals surface area contributed by atoms with E-state index in [1.165, 1.54) is 10.9 Å². The first-order valence-corrected chi connectivity index (χ1v) is 9.73. The molecule has 2 aromatic rings. The van der Waals surface area contributed by atoms with Crippen molar-refractivity contribution in [1.29, 1.82) is 0 Å². The summed E-state index contributed by atoms with van der Waals surface area (Å²) in [5.74, 6) is -0.158. The lowest BCUT2D eigenvalue weighted by Crippen LogP contribution is -2.29. The van der Waals surface area contributed by atoms with Gasteiger partial charge in [-0.05, 0) is 49.2 Å². The number of nitrogens with zero attached hydrogens (tertiary/aromatic N) is 2. The summed E-state index contributed by atoms with van der Waals surface area (Å²) in [6.45, 7) is 2.84. The first-order valence-electron chi connectivity index (χ1n) is 8.91. The smallest absolute Gasteiger partial charge is 0.263 e. The average Bonchev–Trinajstić information content (AvgIpc) is 3.28. The number of carbonyl (C=O) groups is 1. The second-order valence-electron chi connectivity index (χ2n) is 6.68. The highest BCUT2D eigenvalue weighted by Crippen LogP contribution is 2.37. The number of rotatable bonds is 7. The van der Waals surface area contributed by atoms with Crippen LogP contribution in [0.3, 0.4) is 0 Å². The number of carbonyl (C=O) groups excluding carboxylic acids is 1. The molecule has 0 saturated carbocycles. The molecular weight excluding hydrogens is 351 g/mol. The Balaban J connectivity index is 1.68. The van der Waals surface area contributed by atoms with E-state index < -0.39 is 0 Å². The van der Waals surface area contributed by atoms with Gasteiger partial charge in [0.2, 0.25) is 0 Å². The summed E-state index contributed by atoms with van der Waals surface area (Å²) in [6.07, 6.45) is 2.19. The van der Waals surface area contributed by atoms with E-state index in [2.05, 4.69) is 11.0 Å². The average molecular weight is 376 g/mol. The molecule has 1 fully saturated rings. The predicted molar refractivity (Wildman–Crippen MR) is 102 cm³/mol. The van der Waals surface area contributed by atoms with Crippen LogP contribution in [-0.4, -0.2) is 49.6 Å². The number of ether oxygens (including phenoxy) is 1. The van der Waals surface area contributed by atoms with Crippen molar-refractivity contribution in [3.8, 4) is 0 Å². The molecule has 0 spiro atoms. The van der Waals surface area contributed by atoms with Crippen LogP contribution >= 0.6 is 11.3 Å². The molecule has 0 aliphatic carbocycles. The quantitative estimate of drug-likeness (QED) is 0.734. The maximum Gasteiger partial charge on any atom is 0.263 e. The zero-order valence-corrected chi connectivity index (χ0v) is 16.1. The maximum atomic E-state index is 13.5. The number of hydrogen-bond donors (Lipinski definition) is 0. The summed E-state index contributed by atoms with van der Waals surface area (Å²) in [5.41, 5.74) is 0.990. The van der Waals surface area contributed by atoms with Gasteiger partial charge in [0.25, 0.3) is 5.91 Å². The standard InChI is InChI=1S/C20H25FN2O2S/c1-22(11-12-25-2)20(24)19-9-8-18(26-19)17-7-4-10-23(17)14-15-5-3-6-16(21)13-15/h3,5-6,8-9,13,17H,4,7,10-12,14H2,1-2H3. The summed E-state index contributed by atoms with van der Waals surface area (Å²) < 4.78 is 18.5. The monoisotopic (exact) mass is 376 g/mol. The SMILES string of the molecule is COCCN(C)C(=O)c1ccc(C2CCCN2Cc2cccc(F)c2)s1. The molecule has 0 radical (unpaired) electrons. The van der Waals surface area contributed by atoms with Crippen molar-refractivity contribution in [2.24, 2.45) is 0 Å². The highest BCUT2D eigenvalue weighted by molar-refractivity contribution is 7.14. The van der Waals surface area contributed by atoms with E-state index in [0.29, 0.717) is 19.2 Å². The van der Waals surface area contributed by atoms with Crippen LogP contribution in [0.15, 0.2) is 36.4 Å². The van der Waals surface area contributed by atoms with Crippen LogP contribution < -0.4 is 0 Å².